The van der Waals surface area contributed by atoms with E-state index in [1.165, 1.54) is 13.0 Å². The van der Waals surface area contributed by atoms with Crippen molar-refractivity contribution in [2.75, 3.05) is 77.1 Å². The van der Waals surface area contributed by atoms with Crippen LogP contribution in [-0.4, -0.2) is 103 Å². The van der Waals surface area contributed by atoms with E-state index >= 15 is 0 Å². The standard InChI is InChI=1S/C26H40ClN7O2/c1-21(2)19-34(25-24(27)18-28-29-25)30-26(35)23-6-3-5-22(17-23)20-33-11-9-31(10-12-33)7-4-8-32-13-15-36-16-14-32/h3,5-6,17-18,21H,4,7-16,19-20H2,1-2H3,(H,28,29)(H,30,35). The minimum atomic E-state index is -0.159. The quantitative estimate of drug-likeness (QED) is 0.444. The highest BCUT2D eigenvalue weighted by molar-refractivity contribution is 6.32. The van der Waals surface area contributed by atoms with Crippen LogP contribution in [0.15, 0.2) is 30.5 Å². The van der Waals surface area contributed by atoms with Crippen molar-refractivity contribution in [3.05, 3.63) is 46.6 Å². The lowest BCUT2D eigenvalue weighted by Gasteiger charge is -2.35. The largest absolute Gasteiger partial charge is 0.379 e. The summed E-state index contributed by atoms with van der Waals surface area (Å²) in [4.78, 5) is 20.6. The molecule has 2 aliphatic heterocycles. The van der Waals surface area contributed by atoms with E-state index in [2.05, 4.69) is 50.2 Å². The van der Waals surface area contributed by atoms with Gasteiger partial charge in [0, 0.05) is 57.9 Å². The van der Waals surface area contributed by atoms with E-state index < -0.39 is 0 Å². The molecule has 3 heterocycles. The third-order valence-electron chi connectivity index (χ3n) is 6.74. The molecule has 4 rings (SSSR count). The summed E-state index contributed by atoms with van der Waals surface area (Å²) in [7, 11) is 0. The van der Waals surface area contributed by atoms with Crippen LogP contribution in [0.5, 0.6) is 0 Å². The zero-order valence-electron chi connectivity index (χ0n) is 21.6. The minimum absolute atomic E-state index is 0.159. The van der Waals surface area contributed by atoms with Crippen molar-refractivity contribution in [3.63, 3.8) is 0 Å². The topological polar surface area (TPSA) is 80.0 Å². The molecule has 198 valence electrons. The summed E-state index contributed by atoms with van der Waals surface area (Å²) in [6, 6.07) is 7.91. The van der Waals surface area contributed by atoms with Crippen LogP contribution in [-0.2, 0) is 11.3 Å². The maximum Gasteiger partial charge on any atom is 0.269 e. The number of carbonyl (C=O) groups is 1. The summed E-state index contributed by atoms with van der Waals surface area (Å²) >= 11 is 6.25. The fourth-order valence-corrected chi connectivity index (χ4v) is 4.97. The Balaban J connectivity index is 1.24. The molecule has 0 unspecified atom stereocenters. The first-order valence-corrected chi connectivity index (χ1v) is 13.5. The second-order valence-electron chi connectivity index (χ2n) is 10.1. The molecule has 2 fully saturated rings. The molecular formula is C26H40ClN7O2. The van der Waals surface area contributed by atoms with Crippen molar-refractivity contribution in [1.82, 2.24) is 30.3 Å². The van der Waals surface area contributed by atoms with Crippen LogP contribution < -0.4 is 10.4 Å². The average molecular weight is 518 g/mol. The highest BCUT2D eigenvalue weighted by Crippen LogP contribution is 2.22. The number of piperazine rings is 1. The van der Waals surface area contributed by atoms with Gasteiger partial charge in [0.2, 0.25) is 0 Å². The molecule has 0 bridgehead atoms. The lowest BCUT2D eigenvalue weighted by molar-refractivity contribution is 0.0350. The van der Waals surface area contributed by atoms with Crippen LogP contribution in [0, 0.1) is 5.92 Å². The van der Waals surface area contributed by atoms with E-state index in [0.717, 1.165) is 71.1 Å². The summed E-state index contributed by atoms with van der Waals surface area (Å²) in [5, 5.41) is 9.08. The molecule has 10 heteroatoms. The number of hydrogen-bond acceptors (Lipinski definition) is 7. The number of ether oxygens (including phenoxy) is 1. The number of H-pyrrole nitrogens is 1. The third-order valence-corrected chi connectivity index (χ3v) is 7.02. The molecule has 0 aliphatic carbocycles. The van der Waals surface area contributed by atoms with E-state index in [1.54, 1.807) is 11.2 Å². The molecule has 2 aliphatic rings. The molecule has 2 N–H and O–H groups in total. The van der Waals surface area contributed by atoms with Crippen LogP contribution in [0.4, 0.5) is 5.82 Å². The molecule has 0 spiro atoms. The van der Waals surface area contributed by atoms with Crippen LogP contribution >= 0.6 is 11.6 Å². The van der Waals surface area contributed by atoms with Gasteiger partial charge in [0.05, 0.1) is 19.4 Å². The molecular weight excluding hydrogens is 478 g/mol. The Morgan fingerprint density at radius 2 is 1.81 bits per heavy atom. The van der Waals surface area contributed by atoms with Crippen molar-refractivity contribution >= 4 is 23.3 Å². The van der Waals surface area contributed by atoms with Crippen LogP contribution in [0.2, 0.25) is 5.02 Å². The van der Waals surface area contributed by atoms with Crippen LogP contribution in [0.1, 0.15) is 36.2 Å². The molecule has 0 atom stereocenters. The normalized spacial score (nSPS) is 18.0. The van der Waals surface area contributed by atoms with Gasteiger partial charge in [0.15, 0.2) is 5.82 Å². The molecule has 1 amide bonds. The van der Waals surface area contributed by atoms with Crippen molar-refractivity contribution in [2.45, 2.75) is 26.8 Å². The Kier molecular flexibility index (Phi) is 10.0. The van der Waals surface area contributed by atoms with E-state index in [9.17, 15) is 4.79 Å². The van der Waals surface area contributed by atoms with Gasteiger partial charge < -0.3 is 9.64 Å². The minimum Gasteiger partial charge on any atom is -0.379 e. The monoisotopic (exact) mass is 517 g/mol. The van der Waals surface area contributed by atoms with Gasteiger partial charge in [0.1, 0.15) is 5.02 Å². The first-order chi connectivity index (χ1) is 17.5. The van der Waals surface area contributed by atoms with Gasteiger partial charge in [-0.3, -0.25) is 30.1 Å². The highest BCUT2D eigenvalue weighted by Gasteiger charge is 2.20. The molecule has 2 saturated heterocycles. The number of aromatic amines is 1. The van der Waals surface area contributed by atoms with Gasteiger partial charge in [-0.2, -0.15) is 5.10 Å². The second kappa shape index (κ2) is 13.4. The highest BCUT2D eigenvalue weighted by atomic mass is 35.5. The number of carbonyl (C=O) groups excluding carboxylic acids is 1. The molecule has 2 aromatic rings. The number of halogens is 1. The zero-order chi connectivity index (χ0) is 25.3. The van der Waals surface area contributed by atoms with Gasteiger partial charge in [-0.15, -0.1) is 0 Å². The number of nitrogens with one attached hydrogen (secondary N) is 2. The number of anilines is 1. The Morgan fingerprint density at radius 1 is 1.11 bits per heavy atom. The van der Waals surface area contributed by atoms with Gasteiger partial charge >= 0.3 is 0 Å². The number of amides is 1. The fraction of sp³-hybridized carbons (Fsp3) is 0.615. The SMILES string of the molecule is CC(C)CN(NC(=O)c1cccc(CN2CCN(CCCN3CCOCC3)CC2)c1)c1[nH]ncc1Cl. The number of benzene rings is 1. The Morgan fingerprint density at radius 3 is 2.47 bits per heavy atom. The molecule has 1 aromatic carbocycles. The number of morpholine rings is 1. The van der Waals surface area contributed by atoms with Gasteiger partial charge in [-0.1, -0.05) is 37.6 Å². The number of aromatic nitrogens is 2. The van der Waals surface area contributed by atoms with E-state index in [1.807, 2.05) is 18.2 Å². The van der Waals surface area contributed by atoms with Crippen LogP contribution in [0.25, 0.3) is 0 Å². The van der Waals surface area contributed by atoms with Gasteiger partial charge in [-0.05, 0) is 43.1 Å². The predicted molar refractivity (Wildman–Crippen MR) is 143 cm³/mol. The van der Waals surface area contributed by atoms with E-state index in [0.29, 0.717) is 28.9 Å². The Hall–Kier alpha value is -2.17. The lowest BCUT2D eigenvalue weighted by Crippen LogP contribution is -2.47. The summed E-state index contributed by atoms with van der Waals surface area (Å²) in [6.07, 6.45) is 2.76. The predicted octanol–water partition coefficient (Wildman–Crippen LogP) is 2.71. The second-order valence-corrected chi connectivity index (χ2v) is 10.5. The number of rotatable bonds is 11. The Labute approximate surface area is 219 Å². The van der Waals surface area contributed by atoms with Crippen molar-refractivity contribution in [3.8, 4) is 0 Å². The summed E-state index contributed by atoms with van der Waals surface area (Å²) in [6.45, 7) is 16.1. The molecule has 9 nitrogen and oxygen atoms in total. The number of nitrogens with zero attached hydrogens (tertiary/aromatic N) is 5. The van der Waals surface area contributed by atoms with Crippen molar-refractivity contribution in [1.29, 1.82) is 0 Å². The summed E-state index contributed by atoms with van der Waals surface area (Å²) in [5.41, 5.74) is 4.78. The van der Waals surface area contributed by atoms with Crippen molar-refractivity contribution in [2.24, 2.45) is 5.92 Å². The summed E-state index contributed by atoms with van der Waals surface area (Å²) < 4.78 is 5.44. The maximum absolute atomic E-state index is 13.1. The number of hydrogen-bond donors (Lipinski definition) is 2. The third kappa shape index (κ3) is 7.91. The lowest BCUT2D eigenvalue weighted by atomic mass is 10.1. The zero-order valence-corrected chi connectivity index (χ0v) is 22.3. The fourth-order valence-electron chi connectivity index (χ4n) is 4.78. The smallest absolute Gasteiger partial charge is 0.269 e. The average Bonchev–Trinajstić information content (AvgIpc) is 3.31. The van der Waals surface area contributed by atoms with Crippen molar-refractivity contribution < 1.29 is 9.53 Å². The Bertz CT molecular complexity index is 955. The van der Waals surface area contributed by atoms with Crippen LogP contribution in [0.3, 0.4) is 0 Å². The first-order valence-electron chi connectivity index (χ1n) is 13.1. The maximum atomic E-state index is 13.1. The molecule has 0 radical (unpaired) electrons. The molecule has 0 saturated carbocycles. The van der Waals surface area contributed by atoms with E-state index in [-0.39, 0.29) is 5.91 Å². The first kappa shape index (κ1) is 26.9. The molecule has 36 heavy (non-hydrogen) atoms. The number of hydrazine groups is 1. The van der Waals surface area contributed by atoms with E-state index in [4.69, 9.17) is 16.3 Å². The summed E-state index contributed by atoms with van der Waals surface area (Å²) in [5.74, 6) is 0.764. The van der Waals surface area contributed by atoms with Gasteiger partial charge in [-0.25, -0.2) is 0 Å². The molecule has 1 aromatic heterocycles. The van der Waals surface area contributed by atoms with Gasteiger partial charge in [0.25, 0.3) is 5.91 Å².